The molecule has 146 valence electrons. The Kier molecular flexibility index (Phi) is 19.3. The Hall–Kier alpha value is -0.0400. The molecule has 24 heavy (non-hydrogen) atoms. The molecule has 0 aliphatic rings. The zero-order valence-electron chi connectivity index (χ0n) is 17.8. The molecule has 0 aromatic rings. The molecule has 0 fully saturated rings. The van der Waals surface area contributed by atoms with E-state index in [-0.39, 0.29) is 0 Å². The normalized spacial score (nSPS) is 12.9. The summed E-state index contributed by atoms with van der Waals surface area (Å²) in [5.41, 5.74) is 0. The second-order valence-electron chi connectivity index (χ2n) is 7.90. The van der Waals surface area contributed by atoms with Crippen LogP contribution >= 0.6 is 0 Å². The van der Waals surface area contributed by atoms with E-state index in [4.69, 9.17) is 0 Å². The van der Waals surface area contributed by atoms with Gasteiger partial charge in [0.15, 0.2) is 0 Å². The molecule has 0 aliphatic heterocycles. The van der Waals surface area contributed by atoms with E-state index in [2.05, 4.69) is 32.6 Å². The van der Waals surface area contributed by atoms with Gasteiger partial charge in [-0.3, -0.25) is 0 Å². The first kappa shape index (κ1) is 24.0. The van der Waals surface area contributed by atoms with Gasteiger partial charge < -0.3 is 4.90 Å². The van der Waals surface area contributed by atoms with Crippen LogP contribution in [0.3, 0.4) is 0 Å². The molecule has 0 radical (unpaired) electrons. The Morgan fingerprint density at radius 3 is 1.46 bits per heavy atom. The first-order valence-electron chi connectivity index (χ1n) is 11.5. The topological polar surface area (TPSA) is 3.24 Å². The van der Waals surface area contributed by atoms with Crippen LogP contribution in [0.2, 0.25) is 0 Å². The summed E-state index contributed by atoms with van der Waals surface area (Å²) in [7, 11) is 0. The monoisotopic (exact) mass is 339 g/mol. The molecule has 0 aromatic carbocycles. The van der Waals surface area contributed by atoms with Crippen LogP contribution in [0.25, 0.3) is 0 Å². The highest BCUT2D eigenvalue weighted by atomic mass is 15.1. The van der Waals surface area contributed by atoms with Crippen molar-refractivity contribution in [2.75, 3.05) is 19.6 Å². The molecular weight excluding hydrogens is 290 g/mol. The summed E-state index contributed by atoms with van der Waals surface area (Å²) < 4.78 is 0. The van der Waals surface area contributed by atoms with Crippen molar-refractivity contribution in [1.29, 1.82) is 0 Å². The predicted molar refractivity (Wildman–Crippen MR) is 112 cm³/mol. The maximum absolute atomic E-state index is 2.82. The van der Waals surface area contributed by atoms with Crippen LogP contribution < -0.4 is 0 Å². The molecule has 0 saturated heterocycles. The van der Waals surface area contributed by atoms with Crippen molar-refractivity contribution in [1.82, 2.24) is 4.90 Å². The van der Waals surface area contributed by atoms with Crippen molar-refractivity contribution in [2.45, 2.75) is 124 Å². The average molecular weight is 340 g/mol. The van der Waals surface area contributed by atoms with Crippen LogP contribution in [-0.4, -0.2) is 24.5 Å². The Labute approximate surface area is 155 Å². The van der Waals surface area contributed by atoms with Gasteiger partial charge in [0.05, 0.1) is 0 Å². The van der Waals surface area contributed by atoms with Crippen LogP contribution in [0.15, 0.2) is 0 Å². The van der Waals surface area contributed by atoms with E-state index in [0.29, 0.717) is 0 Å². The Morgan fingerprint density at radius 1 is 0.542 bits per heavy atom. The summed E-state index contributed by atoms with van der Waals surface area (Å²) in [6, 6.07) is 0. The van der Waals surface area contributed by atoms with Gasteiger partial charge in [-0.05, 0) is 38.3 Å². The van der Waals surface area contributed by atoms with Crippen molar-refractivity contribution in [2.24, 2.45) is 5.92 Å². The van der Waals surface area contributed by atoms with E-state index in [0.717, 1.165) is 5.92 Å². The van der Waals surface area contributed by atoms with Gasteiger partial charge in [-0.1, -0.05) is 105 Å². The summed E-state index contributed by atoms with van der Waals surface area (Å²) in [5, 5.41) is 0. The van der Waals surface area contributed by atoms with Crippen LogP contribution in [0.4, 0.5) is 0 Å². The fourth-order valence-corrected chi connectivity index (χ4v) is 3.63. The first-order valence-corrected chi connectivity index (χ1v) is 11.5. The van der Waals surface area contributed by atoms with E-state index in [1.165, 1.54) is 116 Å². The van der Waals surface area contributed by atoms with Gasteiger partial charge in [0.2, 0.25) is 0 Å². The molecule has 1 heteroatoms. The van der Waals surface area contributed by atoms with E-state index >= 15 is 0 Å². The fourth-order valence-electron chi connectivity index (χ4n) is 3.63. The summed E-state index contributed by atoms with van der Waals surface area (Å²) in [6.45, 7) is 13.4. The van der Waals surface area contributed by atoms with Crippen molar-refractivity contribution in [3.8, 4) is 0 Å². The molecule has 1 nitrogen and oxygen atoms in total. The molecule has 0 N–H and O–H groups in total. The third-order valence-electron chi connectivity index (χ3n) is 5.47. The second kappa shape index (κ2) is 19.3. The minimum atomic E-state index is 0.931. The quantitative estimate of drug-likeness (QED) is 0.217. The third kappa shape index (κ3) is 15.5. The van der Waals surface area contributed by atoms with Crippen LogP contribution in [-0.2, 0) is 0 Å². The zero-order chi connectivity index (χ0) is 17.9. The molecule has 0 saturated carbocycles. The highest BCUT2D eigenvalue weighted by molar-refractivity contribution is 4.66. The van der Waals surface area contributed by atoms with Gasteiger partial charge in [0, 0.05) is 6.54 Å². The maximum Gasteiger partial charge on any atom is 0.000955 e. The largest absolute Gasteiger partial charge is 0.303 e. The van der Waals surface area contributed by atoms with Crippen LogP contribution in [0.1, 0.15) is 124 Å². The minimum absolute atomic E-state index is 0.931. The standard InChI is InChI=1S/C23H49N/c1-5-9-12-14-16-18-21-24(20-17-15-13-10-6-2)22-23(8-4)19-11-7-3/h23H,5-22H2,1-4H3. The third-order valence-corrected chi connectivity index (χ3v) is 5.47. The molecular formula is C23H49N. The minimum Gasteiger partial charge on any atom is -0.303 e. The molecule has 0 bridgehead atoms. The molecule has 0 aromatic heterocycles. The van der Waals surface area contributed by atoms with Gasteiger partial charge in [-0.15, -0.1) is 0 Å². The van der Waals surface area contributed by atoms with Crippen LogP contribution in [0, 0.1) is 5.92 Å². The molecule has 0 heterocycles. The molecule has 0 spiro atoms. The lowest BCUT2D eigenvalue weighted by molar-refractivity contribution is 0.210. The fraction of sp³-hybridized carbons (Fsp3) is 1.00. The lowest BCUT2D eigenvalue weighted by atomic mass is 9.98. The Bertz CT molecular complexity index is 226. The van der Waals surface area contributed by atoms with Crippen molar-refractivity contribution in [3.63, 3.8) is 0 Å². The van der Waals surface area contributed by atoms with Crippen molar-refractivity contribution in [3.05, 3.63) is 0 Å². The van der Waals surface area contributed by atoms with Gasteiger partial charge in [-0.2, -0.15) is 0 Å². The molecule has 0 amide bonds. The highest BCUT2D eigenvalue weighted by Crippen LogP contribution is 2.16. The summed E-state index contributed by atoms with van der Waals surface area (Å²) in [4.78, 5) is 2.82. The highest BCUT2D eigenvalue weighted by Gasteiger charge is 2.12. The number of nitrogens with zero attached hydrogens (tertiary/aromatic N) is 1. The maximum atomic E-state index is 2.82. The van der Waals surface area contributed by atoms with E-state index in [9.17, 15) is 0 Å². The summed E-state index contributed by atoms with van der Waals surface area (Å²) >= 11 is 0. The average Bonchev–Trinajstić information content (AvgIpc) is 2.60. The lowest BCUT2D eigenvalue weighted by Crippen LogP contribution is -2.31. The Morgan fingerprint density at radius 2 is 1.00 bits per heavy atom. The van der Waals surface area contributed by atoms with E-state index in [1.807, 2.05) is 0 Å². The Balaban J connectivity index is 4.06. The van der Waals surface area contributed by atoms with Crippen molar-refractivity contribution >= 4 is 0 Å². The number of rotatable bonds is 19. The SMILES string of the molecule is CCCCCCCCN(CCCCCCC)CC(CC)CCCC. The second-order valence-corrected chi connectivity index (χ2v) is 7.90. The lowest BCUT2D eigenvalue weighted by Gasteiger charge is -2.27. The summed E-state index contributed by atoms with van der Waals surface area (Å²) in [5.74, 6) is 0.931. The van der Waals surface area contributed by atoms with E-state index < -0.39 is 0 Å². The zero-order valence-corrected chi connectivity index (χ0v) is 17.8. The van der Waals surface area contributed by atoms with Crippen molar-refractivity contribution < 1.29 is 0 Å². The van der Waals surface area contributed by atoms with Gasteiger partial charge in [0.25, 0.3) is 0 Å². The van der Waals surface area contributed by atoms with Gasteiger partial charge in [-0.25, -0.2) is 0 Å². The predicted octanol–water partition coefficient (Wildman–Crippen LogP) is 7.84. The number of unbranched alkanes of at least 4 members (excludes halogenated alkanes) is 10. The van der Waals surface area contributed by atoms with Crippen LogP contribution in [0.5, 0.6) is 0 Å². The van der Waals surface area contributed by atoms with Gasteiger partial charge in [0.1, 0.15) is 0 Å². The molecule has 0 aliphatic carbocycles. The van der Waals surface area contributed by atoms with E-state index in [1.54, 1.807) is 0 Å². The number of hydrogen-bond acceptors (Lipinski definition) is 1. The molecule has 1 atom stereocenters. The number of hydrogen-bond donors (Lipinski definition) is 0. The molecule has 0 rings (SSSR count). The summed E-state index contributed by atoms with van der Waals surface area (Å²) in [6.07, 6.45) is 21.2. The van der Waals surface area contributed by atoms with Gasteiger partial charge >= 0.3 is 0 Å². The first-order chi connectivity index (χ1) is 11.8. The molecule has 1 unspecified atom stereocenters. The smallest absolute Gasteiger partial charge is 0.000955 e.